The van der Waals surface area contributed by atoms with Crippen molar-refractivity contribution in [2.24, 2.45) is 0 Å². The number of halogens is 1. The van der Waals surface area contributed by atoms with Crippen molar-refractivity contribution in [1.82, 2.24) is 15.3 Å². The first-order chi connectivity index (χ1) is 10.9. The van der Waals surface area contributed by atoms with Gasteiger partial charge in [-0.3, -0.25) is 4.79 Å². The van der Waals surface area contributed by atoms with Gasteiger partial charge in [0.15, 0.2) is 5.69 Å². The van der Waals surface area contributed by atoms with Gasteiger partial charge in [0.05, 0.1) is 12.4 Å². The Bertz CT molecular complexity index is 732. The van der Waals surface area contributed by atoms with Crippen LogP contribution >= 0.6 is 0 Å². The summed E-state index contributed by atoms with van der Waals surface area (Å²) in [7, 11) is 0. The number of rotatable bonds is 5. The molecule has 0 aliphatic heterocycles. The number of carbonyl (C=O) groups is 2. The minimum atomic E-state index is -1.20. The van der Waals surface area contributed by atoms with Crippen molar-refractivity contribution in [3.63, 3.8) is 0 Å². The summed E-state index contributed by atoms with van der Waals surface area (Å²) in [5, 5.41) is 11.5. The lowest BCUT2D eigenvalue weighted by atomic mass is 10.0. The van der Waals surface area contributed by atoms with Crippen LogP contribution in [0.3, 0.4) is 0 Å². The zero-order valence-corrected chi connectivity index (χ0v) is 12.7. The van der Waals surface area contributed by atoms with Crippen molar-refractivity contribution in [3.8, 4) is 0 Å². The van der Waals surface area contributed by atoms with Crippen LogP contribution in [0.25, 0.3) is 0 Å². The second kappa shape index (κ2) is 6.95. The molecule has 0 radical (unpaired) electrons. The van der Waals surface area contributed by atoms with E-state index in [4.69, 9.17) is 5.11 Å². The molecule has 0 aliphatic carbocycles. The van der Waals surface area contributed by atoms with Crippen LogP contribution < -0.4 is 5.32 Å². The van der Waals surface area contributed by atoms with Gasteiger partial charge >= 0.3 is 5.97 Å². The summed E-state index contributed by atoms with van der Waals surface area (Å²) in [6.07, 6.45) is 2.69. The highest BCUT2D eigenvalue weighted by molar-refractivity contribution is 5.92. The number of amides is 1. The molecule has 120 valence electrons. The van der Waals surface area contributed by atoms with Crippen molar-refractivity contribution in [3.05, 3.63) is 58.9 Å². The second-order valence-corrected chi connectivity index (χ2v) is 5.24. The summed E-state index contributed by atoms with van der Waals surface area (Å²) in [5.74, 6) is -1.94. The van der Waals surface area contributed by atoms with Gasteiger partial charge < -0.3 is 10.4 Å². The first-order valence-corrected chi connectivity index (χ1v) is 6.98. The van der Waals surface area contributed by atoms with E-state index >= 15 is 0 Å². The standard InChI is InChI=1S/C16H16FN3O3/c1-9-5-12(17)4-3-11(9)6-10(2)20-15(21)13-7-19-14(8-18-13)16(22)23/h3-5,7-8,10H,6H2,1-2H3,(H,20,21)(H,22,23). The zero-order chi connectivity index (χ0) is 17.0. The number of carbonyl (C=O) groups excluding carboxylic acids is 1. The molecule has 2 rings (SSSR count). The molecule has 0 spiro atoms. The van der Waals surface area contributed by atoms with Gasteiger partial charge in [-0.2, -0.15) is 0 Å². The molecule has 23 heavy (non-hydrogen) atoms. The molecule has 2 aromatic rings. The molecule has 1 atom stereocenters. The average Bonchev–Trinajstić information content (AvgIpc) is 2.50. The predicted octanol–water partition coefficient (Wildman–Crippen LogP) is 1.98. The van der Waals surface area contributed by atoms with Crippen LogP contribution in [0.5, 0.6) is 0 Å². The first kappa shape index (κ1) is 16.5. The van der Waals surface area contributed by atoms with E-state index in [9.17, 15) is 14.0 Å². The fourth-order valence-corrected chi connectivity index (χ4v) is 2.12. The lowest BCUT2D eigenvalue weighted by Crippen LogP contribution is -2.34. The highest BCUT2D eigenvalue weighted by atomic mass is 19.1. The van der Waals surface area contributed by atoms with E-state index in [-0.39, 0.29) is 23.2 Å². The number of benzene rings is 1. The molecule has 6 nitrogen and oxygen atoms in total. The molecule has 1 amide bonds. The molecule has 1 unspecified atom stereocenters. The summed E-state index contributed by atoms with van der Waals surface area (Å²) >= 11 is 0. The van der Waals surface area contributed by atoms with Gasteiger partial charge in [-0.15, -0.1) is 0 Å². The first-order valence-electron chi connectivity index (χ1n) is 6.98. The maximum Gasteiger partial charge on any atom is 0.356 e. The van der Waals surface area contributed by atoms with E-state index in [2.05, 4.69) is 15.3 Å². The summed E-state index contributed by atoms with van der Waals surface area (Å²) < 4.78 is 13.1. The van der Waals surface area contributed by atoms with Gasteiger partial charge in [0.1, 0.15) is 11.5 Å². The average molecular weight is 317 g/mol. The number of carboxylic acid groups (broad SMARTS) is 1. The van der Waals surface area contributed by atoms with E-state index in [0.717, 1.165) is 23.5 Å². The van der Waals surface area contributed by atoms with Crippen molar-refractivity contribution >= 4 is 11.9 Å². The molecular weight excluding hydrogens is 301 g/mol. The third kappa shape index (κ3) is 4.32. The fourth-order valence-electron chi connectivity index (χ4n) is 2.12. The molecule has 1 aromatic carbocycles. The molecule has 1 heterocycles. The topological polar surface area (TPSA) is 92.2 Å². The monoisotopic (exact) mass is 317 g/mol. The van der Waals surface area contributed by atoms with Gasteiger partial charge in [-0.25, -0.2) is 19.2 Å². The molecule has 0 saturated heterocycles. The summed E-state index contributed by atoms with van der Waals surface area (Å²) in [6.45, 7) is 3.63. The molecular formula is C16H16FN3O3. The maximum atomic E-state index is 13.1. The number of aromatic nitrogens is 2. The minimum absolute atomic E-state index is 0.0395. The van der Waals surface area contributed by atoms with Gasteiger partial charge in [-0.1, -0.05) is 6.07 Å². The Labute approximate surface area is 132 Å². The molecule has 0 saturated carbocycles. The Morgan fingerprint density at radius 1 is 1.26 bits per heavy atom. The summed E-state index contributed by atoms with van der Waals surface area (Å²) in [5.41, 5.74) is 1.57. The van der Waals surface area contributed by atoms with Crippen LogP contribution in [0.4, 0.5) is 4.39 Å². The van der Waals surface area contributed by atoms with E-state index in [1.165, 1.54) is 12.1 Å². The normalized spacial score (nSPS) is 11.8. The minimum Gasteiger partial charge on any atom is -0.476 e. The number of nitrogens with zero attached hydrogens (tertiary/aromatic N) is 2. The quantitative estimate of drug-likeness (QED) is 0.880. The van der Waals surface area contributed by atoms with Crippen molar-refractivity contribution in [2.75, 3.05) is 0 Å². The highest BCUT2D eigenvalue weighted by Crippen LogP contribution is 2.12. The SMILES string of the molecule is Cc1cc(F)ccc1CC(C)NC(=O)c1cnc(C(=O)O)cn1. The smallest absolute Gasteiger partial charge is 0.356 e. The van der Waals surface area contributed by atoms with Crippen LogP contribution in [-0.2, 0) is 6.42 Å². The number of hydrogen-bond donors (Lipinski definition) is 2. The number of nitrogens with one attached hydrogen (secondary N) is 1. The van der Waals surface area contributed by atoms with Crippen LogP contribution in [-0.4, -0.2) is 33.0 Å². The van der Waals surface area contributed by atoms with Crippen LogP contribution in [0, 0.1) is 12.7 Å². The number of hydrogen-bond acceptors (Lipinski definition) is 4. The lowest BCUT2D eigenvalue weighted by Gasteiger charge is -2.15. The largest absolute Gasteiger partial charge is 0.476 e. The molecule has 7 heteroatoms. The van der Waals surface area contributed by atoms with E-state index < -0.39 is 11.9 Å². The molecule has 2 N–H and O–H groups in total. The Hall–Kier alpha value is -2.83. The van der Waals surface area contributed by atoms with E-state index in [1.807, 2.05) is 13.8 Å². The third-order valence-corrected chi connectivity index (χ3v) is 3.31. The summed E-state index contributed by atoms with van der Waals surface area (Å²) in [4.78, 5) is 30.2. The van der Waals surface area contributed by atoms with Gasteiger partial charge in [-0.05, 0) is 43.5 Å². The Morgan fingerprint density at radius 3 is 2.48 bits per heavy atom. The van der Waals surface area contributed by atoms with Gasteiger partial charge in [0, 0.05) is 6.04 Å². The fraction of sp³-hybridized carbons (Fsp3) is 0.250. The van der Waals surface area contributed by atoms with Crippen LogP contribution in [0.15, 0.2) is 30.6 Å². The predicted molar refractivity (Wildman–Crippen MR) is 80.8 cm³/mol. The van der Waals surface area contributed by atoms with Gasteiger partial charge in [0.2, 0.25) is 0 Å². The van der Waals surface area contributed by atoms with Gasteiger partial charge in [0.25, 0.3) is 5.91 Å². The number of carboxylic acids is 1. The lowest BCUT2D eigenvalue weighted by molar-refractivity contribution is 0.0689. The Kier molecular flexibility index (Phi) is 5.00. The summed E-state index contributed by atoms with van der Waals surface area (Å²) in [6, 6.07) is 4.31. The van der Waals surface area contributed by atoms with Crippen LogP contribution in [0.2, 0.25) is 0 Å². The molecule has 1 aromatic heterocycles. The number of aryl methyl sites for hydroxylation is 1. The molecule has 0 bridgehead atoms. The highest BCUT2D eigenvalue weighted by Gasteiger charge is 2.14. The van der Waals surface area contributed by atoms with Crippen molar-refractivity contribution in [2.45, 2.75) is 26.3 Å². The maximum absolute atomic E-state index is 13.1. The van der Waals surface area contributed by atoms with E-state index in [0.29, 0.717) is 6.42 Å². The Balaban J connectivity index is 2.00. The van der Waals surface area contributed by atoms with E-state index in [1.54, 1.807) is 6.07 Å². The number of aromatic carboxylic acids is 1. The molecule has 0 aliphatic rings. The van der Waals surface area contributed by atoms with Crippen molar-refractivity contribution in [1.29, 1.82) is 0 Å². The van der Waals surface area contributed by atoms with Crippen LogP contribution in [0.1, 0.15) is 39.0 Å². The molecule has 0 fully saturated rings. The van der Waals surface area contributed by atoms with Crippen molar-refractivity contribution < 1.29 is 19.1 Å². The second-order valence-electron chi connectivity index (χ2n) is 5.24. The third-order valence-electron chi connectivity index (χ3n) is 3.31. The zero-order valence-electron chi connectivity index (χ0n) is 12.7. The Morgan fingerprint density at radius 2 is 1.91 bits per heavy atom.